The van der Waals surface area contributed by atoms with Gasteiger partial charge in [0.25, 0.3) is 5.91 Å². The number of aryl methyl sites for hydroxylation is 1. The Kier molecular flexibility index (Phi) is 6.68. The second-order valence-electron chi connectivity index (χ2n) is 8.87. The van der Waals surface area contributed by atoms with E-state index in [1.165, 1.54) is 11.1 Å². The molecule has 0 aliphatic carbocycles. The zero-order chi connectivity index (χ0) is 26.6. The molecule has 0 bridgehead atoms. The molecule has 0 fully saturated rings. The molecule has 0 unspecified atom stereocenters. The summed E-state index contributed by atoms with van der Waals surface area (Å²) >= 11 is 0. The number of urea groups is 1. The lowest BCUT2D eigenvalue weighted by Crippen LogP contribution is -2.27. The van der Waals surface area contributed by atoms with Crippen LogP contribution in [-0.2, 0) is 0 Å². The van der Waals surface area contributed by atoms with Crippen LogP contribution in [0.3, 0.4) is 0 Å². The Bertz CT molecular complexity index is 1610. The molecule has 0 spiro atoms. The van der Waals surface area contributed by atoms with Crippen molar-refractivity contribution in [2.45, 2.75) is 6.92 Å². The lowest BCUT2D eigenvalue weighted by Gasteiger charge is -2.12. The van der Waals surface area contributed by atoms with Crippen LogP contribution in [0, 0.1) is 6.92 Å². The summed E-state index contributed by atoms with van der Waals surface area (Å²) in [6.45, 7) is 2.01. The van der Waals surface area contributed by atoms with E-state index in [1.54, 1.807) is 38.6 Å². The molecule has 0 aliphatic heterocycles. The van der Waals surface area contributed by atoms with Crippen LogP contribution in [0.25, 0.3) is 22.0 Å². The molecule has 0 saturated heterocycles. The van der Waals surface area contributed by atoms with Crippen molar-refractivity contribution in [3.63, 3.8) is 0 Å². The fourth-order valence-corrected chi connectivity index (χ4v) is 3.70. The number of anilines is 2. The third-order valence-electron chi connectivity index (χ3n) is 5.74. The zero-order valence-corrected chi connectivity index (χ0v) is 21.0. The number of aromatic amines is 1. The molecule has 5 rings (SSSR count). The van der Waals surface area contributed by atoms with Gasteiger partial charge >= 0.3 is 6.03 Å². The fourth-order valence-electron chi connectivity index (χ4n) is 3.70. The van der Waals surface area contributed by atoms with E-state index >= 15 is 0 Å². The Balaban J connectivity index is 1.33. The molecule has 0 aliphatic rings. The Morgan fingerprint density at radius 2 is 1.68 bits per heavy atom. The maximum atomic E-state index is 13.1. The number of carbonyl (C=O) groups excluding carboxylic acids is 2. The van der Waals surface area contributed by atoms with Crippen LogP contribution in [0.15, 0.2) is 79.3 Å². The molecular formula is C28H25N7O3. The van der Waals surface area contributed by atoms with Gasteiger partial charge in [0.1, 0.15) is 5.75 Å². The van der Waals surface area contributed by atoms with Gasteiger partial charge < -0.3 is 20.3 Å². The summed E-state index contributed by atoms with van der Waals surface area (Å²) in [7, 11) is 3.32. The fraction of sp³-hybridized carbons (Fsp3) is 0.107. The summed E-state index contributed by atoms with van der Waals surface area (Å²) in [6.07, 6.45) is 4.80. The highest BCUT2D eigenvalue weighted by Crippen LogP contribution is 2.27. The minimum absolute atomic E-state index is 0.242. The average Bonchev–Trinajstić information content (AvgIpc) is 3.35. The van der Waals surface area contributed by atoms with Gasteiger partial charge in [-0.3, -0.25) is 14.9 Å². The van der Waals surface area contributed by atoms with Gasteiger partial charge in [-0.2, -0.15) is 5.10 Å². The Morgan fingerprint density at radius 3 is 2.42 bits per heavy atom. The van der Waals surface area contributed by atoms with Crippen LogP contribution in [0.2, 0.25) is 0 Å². The molecule has 0 atom stereocenters. The molecule has 10 heteroatoms. The molecule has 3 aromatic heterocycles. The van der Waals surface area contributed by atoms with Crippen molar-refractivity contribution < 1.29 is 14.3 Å². The van der Waals surface area contributed by atoms with E-state index in [1.807, 2.05) is 55.5 Å². The lowest BCUT2D eigenvalue weighted by molar-refractivity contribution is 0.102. The summed E-state index contributed by atoms with van der Waals surface area (Å²) in [4.78, 5) is 35.0. The molecule has 3 amide bonds. The standard InChI is InChI=1S/C28H25N7O3/c1-17-4-8-22(9-5-17)38-25-11-7-20(16-30-25)31-27(36)26-23-13-18(6-10-24(23)33-34-26)19-12-21(15-29-14-19)32-28(37)35(2)3/h4-16H,1-3H3,(H,31,36)(H,32,37)(H,33,34). The van der Waals surface area contributed by atoms with Gasteiger partial charge in [0.2, 0.25) is 5.88 Å². The number of nitrogens with zero attached hydrogens (tertiary/aromatic N) is 4. The third kappa shape index (κ3) is 5.44. The predicted octanol–water partition coefficient (Wildman–Crippen LogP) is 5.47. The monoisotopic (exact) mass is 507 g/mol. The van der Waals surface area contributed by atoms with Crippen LogP contribution >= 0.6 is 0 Å². The van der Waals surface area contributed by atoms with E-state index in [9.17, 15) is 9.59 Å². The number of fused-ring (bicyclic) bond motifs is 1. The summed E-state index contributed by atoms with van der Waals surface area (Å²) < 4.78 is 5.75. The van der Waals surface area contributed by atoms with E-state index in [0.717, 1.165) is 16.7 Å². The summed E-state index contributed by atoms with van der Waals surface area (Å²) in [5.41, 5.74) is 4.77. The van der Waals surface area contributed by atoms with Crippen molar-refractivity contribution in [3.8, 4) is 22.8 Å². The number of rotatable bonds is 6. The average molecular weight is 508 g/mol. The van der Waals surface area contributed by atoms with E-state index in [4.69, 9.17) is 4.74 Å². The van der Waals surface area contributed by atoms with E-state index in [-0.39, 0.29) is 17.6 Å². The van der Waals surface area contributed by atoms with Crippen molar-refractivity contribution in [3.05, 3.63) is 90.5 Å². The Hall–Kier alpha value is -5.25. The Morgan fingerprint density at radius 1 is 0.868 bits per heavy atom. The number of pyridine rings is 2. The number of hydrogen-bond acceptors (Lipinski definition) is 6. The summed E-state index contributed by atoms with van der Waals surface area (Å²) in [6, 6.07) is 18.2. The van der Waals surface area contributed by atoms with Gasteiger partial charge in [-0.05, 0) is 48.9 Å². The molecule has 0 radical (unpaired) electrons. The number of aromatic nitrogens is 4. The first-order chi connectivity index (χ1) is 18.4. The largest absolute Gasteiger partial charge is 0.439 e. The SMILES string of the molecule is Cc1ccc(Oc2ccc(NC(=O)c3n[nH]c4ccc(-c5cncc(NC(=O)N(C)C)c5)cc34)cn2)cc1. The molecular weight excluding hydrogens is 482 g/mol. The molecule has 10 nitrogen and oxygen atoms in total. The quantitative estimate of drug-likeness (QED) is 0.280. The number of H-pyrrole nitrogens is 1. The molecule has 38 heavy (non-hydrogen) atoms. The summed E-state index contributed by atoms with van der Waals surface area (Å²) in [5.74, 6) is 0.714. The smallest absolute Gasteiger partial charge is 0.321 e. The molecule has 5 aromatic rings. The topological polar surface area (TPSA) is 125 Å². The van der Waals surface area contributed by atoms with E-state index in [2.05, 4.69) is 30.8 Å². The second kappa shape index (κ2) is 10.4. The maximum Gasteiger partial charge on any atom is 0.321 e. The molecule has 0 saturated carbocycles. The van der Waals surface area contributed by atoms with Crippen LogP contribution in [0.1, 0.15) is 16.1 Å². The van der Waals surface area contributed by atoms with Crippen molar-refractivity contribution in [1.29, 1.82) is 0 Å². The highest BCUT2D eigenvalue weighted by Gasteiger charge is 2.16. The van der Waals surface area contributed by atoms with Crippen molar-refractivity contribution >= 4 is 34.2 Å². The molecule has 3 N–H and O–H groups in total. The number of amides is 3. The van der Waals surface area contributed by atoms with E-state index < -0.39 is 0 Å². The van der Waals surface area contributed by atoms with Gasteiger partial charge in [-0.15, -0.1) is 0 Å². The summed E-state index contributed by atoms with van der Waals surface area (Å²) in [5, 5.41) is 13.4. The first kappa shape index (κ1) is 24.4. The number of hydrogen-bond donors (Lipinski definition) is 3. The molecule has 3 heterocycles. The zero-order valence-electron chi connectivity index (χ0n) is 21.0. The maximum absolute atomic E-state index is 13.1. The highest BCUT2D eigenvalue weighted by molar-refractivity contribution is 6.11. The molecule has 190 valence electrons. The van der Waals surface area contributed by atoms with Crippen molar-refractivity contribution in [1.82, 2.24) is 25.1 Å². The first-order valence-corrected chi connectivity index (χ1v) is 11.8. The van der Waals surface area contributed by atoms with Gasteiger partial charge in [0, 0.05) is 37.3 Å². The number of carbonyl (C=O) groups is 2. The van der Waals surface area contributed by atoms with Crippen LogP contribution in [0.4, 0.5) is 16.2 Å². The Labute approximate surface area is 218 Å². The normalized spacial score (nSPS) is 10.7. The highest BCUT2D eigenvalue weighted by atomic mass is 16.5. The van der Waals surface area contributed by atoms with Crippen LogP contribution < -0.4 is 15.4 Å². The number of benzene rings is 2. The van der Waals surface area contributed by atoms with E-state index in [0.29, 0.717) is 33.9 Å². The van der Waals surface area contributed by atoms with Crippen molar-refractivity contribution in [2.75, 3.05) is 24.7 Å². The number of ether oxygens (including phenoxy) is 1. The van der Waals surface area contributed by atoms with Gasteiger partial charge in [-0.25, -0.2) is 9.78 Å². The molecule has 2 aromatic carbocycles. The predicted molar refractivity (Wildman–Crippen MR) is 145 cm³/mol. The van der Waals surface area contributed by atoms with Gasteiger partial charge in [-0.1, -0.05) is 23.8 Å². The van der Waals surface area contributed by atoms with Gasteiger partial charge in [0.15, 0.2) is 5.69 Å². The first-order valence-electron chi connectivity index (χ1n) is 11.8. The minimum Gasteiger partial charge on any atom is -0.439 e. The third-order valence-corrected chi connectivity index (χ3v) is 5.74. The van der Waals surface area contributed by atoms with Crippen molar-refractivity contribution in [2.24, 2.45) is 0 Å². The van der Waals surface area contributed by atoms with Crippen LogP contribution in [-0.4, -0.2) is 51.1 Å². The van der Waals surface area contributed by atoms with Gasteiger partial charge in [0.05, 0.1) is 29.3 Å². The second-order valence-corrected chi connectivity index (χ2v) is 8.87. The minimum atomic E-state index is -0.382. The lowest BCUT2D eigenvalue weighted by atomic mass is 10.0. The van der Waals surface area contributed by atoms with Crippen LogP contribution in [0.5, 0.6) is 11.6 Å². The number of nitrogens with one attached hydrogen (secondary N) is 3.